The Morgan fingerprint density at radius 3 is 2.60 bits per heavy atom. The van der Waals surface area contributed by atoms with E-state index in [1.807, 2.05) is 6.07 Å². The molecule has 0 radical (unpaired) electrons. The van der Waals surface area contributed by atoms with Crippen LogP contribution >= 0.6 is 23.2 Å². The van der Waals surface area contributed by atoms with Crippen LogP contribution in [0.5, 0.6) is 5.75 Å². The van der Waals surface area contributed by atoms with Gasteiger partial charge in [0.25, 0.3) is 0 Å². The van der Waals surface area contributed by atoms with E-state index in [2.05, 4.69) is 10.2 Å². The van der Waals surface area contributed by atoms with Crippen molar-refractivity contribution in [3.05, 3.63) is 69.3 Å². The molecule has 5 nitrogen and oxygen atoms in total. The van der Waals surface area contributed by atoms with Gasteiger partial charge in [-0.15, -0.1) is 5.10 Å². The van der Waals surface area contributed by atoms with Crippen LogP contribution < -0.4 is 10.5 Å². The van der Waals surface area contributed by atoms with Crippen LogP contribution in [0.4, 0.5) is 10.4 Å². The van der Waals surface area contributed by atoms with Gasteiger partial charge in [-0.05, 0) is 35.9 Å². The van der Waals surface area contributed by atoms with Gasteiger partial charge < -0.3 is 14.9 Å². The zero-order valence-electron chi connectivity index (χ0n) is 12.7. The van der Waals surface area contributed by atoms with Crippen molar-refractivity contribution in [3.8, 4) is 5.75 Å². The Bertz CT molecular complexity index is 928. The van der Waals surface area contributed by atoms with Crippen LogP contribution in [0.25, 0.3) is 12.2 Å². The lowest BCUT2D eigenvalue weighted by atomic mass is 10.2. The molecule has 0 amide bonds. The number of ether oxygens (including phenoxy) is 1. The first-order chi connectivity index (χ1) is 12.0. The van der Waals surface area contributed by atoms with Gasteiger partial charge in [-0.25, -0.2) is 4.39 Å². The third kappa shape index (κ3) is 4.49. The predicted octanol–water partition coefficient (Wildman–Crippen LogP) is 4.85. The lowest BCUT2D eigenvalue weighted by molar-refractivity contribution is 0.306. The number of nitrogens with two attached hydrogens (primary N) is 1. The Balaban J connectivity index is 1.68. The first-order valence-electron chi connectivity index (χ1n) is 7.14. The summed E-state index contributed by atoms with van der Waals surface area (Å²) in [5.41, 5.74) is 6.83. The van der Waals surface area contributed by atoms with Crippen LogP contribution in [0.3, 0.4) is 0 Å². The number of nitrogens with zero attached hydrogens (tertiary/aromatic N) is 2. The maximum atomic E-state index is 13.0. The van der Waals surface area contributed by atoms with Gasteiger partial charge >= 0.3 is 6.01 Å². The monoisotopic (exact) mass is 379 g/mol. The van der Waals surface area contributed by atoms with Crippen molar-refractivity contribution in [2.75, 3.05) is 5.73 Å². The molecule has 8 heteroatoms. The van der Waals surface area contributed by atoms with Crippen molar-refractivity contribution in [1.29, 1.82) is 0 Å². The van der Waals surface area contributed by atoms with Crippen molar-refractivity contribution in [2.24, 2.45) is 0 Å². The highest BCUT2D eigenvalue weighted by molar-refractivity contribution is 6.32. The smallest absolute Gasteiger partial charge is 0.313 e. The molecule has 0 spiro atoms. The molecule has 3 aromatic rings. The molecular formula is C17H12Cl2FN3O2. The largest absolute Gasteiger partial charge is 0.487 e. The number of anilines is 1. The van der Waals surface area contributed by atoms with Crippen LogP contribution in [0.15, 0.2) is 40.8 Å². The number of nitrogen functional groups attached to an aromatic ring is 1. The maximum absolute atomic E-state index is 13.0. The Morgan fingerprint density at radius 2 is 1.92 bits per heavy atom. The van der Waals surface area contributed by atoms with Crippen LogP contribution in [0.2, 0.25) is 10.0 Å². The number of rotatable bonds is 5. The number of hydrogen-bond acceptors (Lipinski definition) is 5. The molecule has 0 aliphatic rings. The molecule has 0 unspecified atom stereocenters. The number of aromatic nitrogens is 2. The van der Waals surface area contributed by atoms with Gasteiger partial charge in [0.2, 0.25) is 5.89 Å². The minimum absolute atomic E-state index is 0.000819. The highest BCUT2D eigenvalue weighted by Gasteiger charge is 2.06. The first kappa shape index (κ1) is 17.3. The Kier molecular flexibility index (Phi) is 5.21. The Labute approximate surface area is 152 Å². The van der Waals surface area contributed by atoms with E-state index >= 15 is 0 Å². The van der Waals surface area contributed by atoms with Crippen molar-refractivity contribution >= 4 is 41.4 Å². The van der Waals surface area contributed by atoms with E-state index in [1.165, 1.54) is 12.1 Å². The zero-order valence-corrected chi connectivity index (χ0v) is 14.3. The minimum Gasteiger partial charge on any atom is -0.487 e. The van der Waals surface area contributed by atoms with Crippen molar-refractivity contribution < 1.29 is 13.5 Å². The summed E-state index contributed by atoms with van der Waals surface area (Å²) >= 11 is 12.2. The average Bonchev–Trinajstić information content (AvgIpc) is 2.99. The quantitative estimate of drug-likeness (QED) is 0.685. The summed E-state index contributed by atoms with van der Waals surface area (Å²) in [5.74, 6) is 0.382. The Morgan fingerprint density at radius 1 is 1.08 bits per heavy atom. The molecule has 128 valence electrons. The minimum atomic E-state index is -0.397. The topological polar surface area (TPSA) is 74.2 Å². The van der Waals surface area contributed by atoms with Gasteiger partial charge in [-0.1, -0.05) is 40.4 Å². The molecule has 3 rings (SSSR count). The van der Waals surface area contributed by atoms with Gasteiger partial charge in [0, 0.05) is 11.6 Å². The molecule has 1 heterocycles. The van der Waals surface area contributed by atoms with Gasteiger partial charge in [-0.2, -0.15) is 0 Å². The third-order valence-corrected chi connectivity index (χ3v) is 3.88. The zero-order chi connectivity index (χ0) is 17.8. The highest BCUT2D eigenvalue weighted by atomic mass is 35.5. The fourth-order valence-corrected chi connectivity index (χ4v) is 2.48. The average molecular weight is 380 g/mol. The summed E-state index contributed by atoms with van der Waals surface area (Å²) in [6.07, 6.45) is 3.37. The normalized spacial score (nSPS) is 11.2. The highest BCUT2D eigenvalue weighted by Crippen LogP contribution is 2.28. The van der Waals surface area contributed by atoms with E-state index in [0.717, 1.165) is 5.56 Å². The van der Waals surface area contributed by atoms with Crippen LogP contribution in [-0.4, -0.2) is 10.2 Å². The van der Waals surface area contributed by atoms with E-state index in [0.29, 0.717) is 27.2 Å². The summed E-state index contributed by atoms with van der Waals surface area (Å²) in [5, 5.41) is 8.00. The molecule has 0 saturated heterocycles. The molecule has 0 aliphatic heterocycles. The summed E-state index contributed by atoms with van der Waals surface area (Å²) in [6.45, 7) is 0.176. The molecule has 0 saturated carbocycles. The fraction of sp³-hybridized carbons (Fsp3) is 0.0588. The second-order valence-corrected chi connectivity index (χ2v) is 5.84. The van der Waals surface area contributed by atoms with E-state index < -0.39 is 5.82 Å². The summed E-state index contributed by atoms with van der Waals surface area (Å²) in [6, 6.07) is 9.38. The molecule has 0 fully saturated rings. The molecule has 1 aromatic heterocycles. The standard InChI is InChI=1S/C17H12Cl2FN3O2/c18-13-8-12(20)4-3-11(13)9-24-15-5-1-10(7-14(15)19)2-6-16-22-23-17(21)25-16/h1-8H,9H2,(H2,21,23)/b6-2+. The molecule has 0 bridgehead atoms. The lowest BCUT2D eigenvalue weighted by Crippen LogP contribution is -1.97. The SMILES string of the molecule is Nc1nnc(/C=C/c2ccc(OCc3ccc(F)cc3Cl)c(Cl)c2)o1. The molecule has 2 aromatic carbocycles. The molecule has 25 heavy (non-hydrogen) atoms. The molecule has 0 aliphatic carbocycles. The molecular weight excluding hydrogens is 368 g/mol. The van der Waals surface area contributed by atoms with E-state index in [4.69, 9.17) is 38.1 Å². The fourth-order valence-electron chi connectivity index (χ4n) is 2.01. The third-order valence-electron chi connectivity index (χ3n) is 3.23. The maximum Gasteiger partial charge on any atom is 0.313 e. The molecule has 2 N–H and O–H groups in total. The van der Waals surface area contributed by atoms with Gasteiger partial charge in [0.05, 0.1) is 10.0 Å². The van der Waals surface area contributed by atoms with Gasteiger partial charge in [0.15, 0.2) is 0 Å². The molecule has 0 atom stereocenters. The van der Waals surface area contributed by atoms with Crippen LogP contribution in [0.1, 0.15) is 17.0 Å². The lowest BCUT2D eigenvalue weighted by Gasteiger charge is -2.10. The van der Waals surface area contributed by atoms with Gasteiger partial charge in [0.1, 0.15) is 18.2 Å². The van der Waals surface area contributed by atoms with Crippen LogP contribution in [-0.2, 0) is 6.61 Å². The first-order valence-corrected chi connectivity index (χ1v) is 7.90. The number of hydrogen-bond donors (Lipinski definition) is 1. The van der Waals surface area contributed by atoms with Crippen molar-refractivity contribution in [3.63, 3.8) is 0 Å². The van der Waals surface area contributed by atoms with E-state index in [-0.39, 0.29) is 12.6 Å². The second-order valence-electron chi connectivity index (χ2n) is 5.03. The predicted molar refractivity (Wildman–Crippen MR) is 94.8 cm³/mol. The van der Waals surface area contributed by atoms with Gasteiger partial charge in [-0.3, -0.25) is 0 Å². The second kappa shape index (κ2) is 7.55. The van der Waals surface area contributed by atoms with Crippen molar-refractivity contribution in [1.82, 2.24) is 10.2 Å². The van der Waals surface area contributed by atoms with Crippen molar-refractivity contribution in [2.45, 2.75) is 6.61 Å². The van der Waals surface area contributed by atoms with E-state index in [9.17, 15) is 4.39 Å². The summed E-state index contributed by atoms with van der Waals surface area (Å²) in [4.78, 5) is 0. The van der Waals surface area contributed by atoms with Crippen LogP contribution in [0, 0.1) is 5.82 Å². The summed E-state index contributed by atoms with van der Waals surface area (Å²) in [7, 11) is 0. The number of benzene rings is 2. The summed E-state index contributed by atoms with van der Waals surface area (Å²) < 4.78 is 23.7. The van der Waals surface area contributed by atoms with E-state index in [1.54, 1.807) is 30.4 Å². The number of halogens is 3. The Hall–Kier alpha value is -2.57.